The summed E-state index contributed by atoms with van der Waals surface area (Å²) in [4.78, 5) is 3.59. The molecule has 0 aromatic carbocycles. The van der Waals surface area contributed by atoms with E-state index in [9.17, 15) is 8.78 Å². The summed E-state index contributed by atoms with van der Waals surface area (Å²) in [5, 5.41) is 2.74. The molecule has 0 amide bonds. The summed E-state index contributed by atoms with van der Waals surface area (Å²) in [5.74, 6) is -1.06. The highest BCUT2D eigenvalue weighted by atomic mass is 19.1. The lowest BCUT2D eigenvalue weighted by molar-refractivity contribution is 0.508. The molecule has 5 heteroatoms. The van der Waals surface area contributed by atoms with Crippen molar-refractivity contribution in [3.05, 3.63) is 23.9 Å². The maximum atomic E-state index is 13.1. The van der Waals surface area contributed by atoms with Crippen molar-refractivity contribution in [2.75, 3.05) is 11.9 Å². The van der Waals surface area contributed by atoms with Gasteiger partial charge in [-0.1, -0.05) is 13.8 Å². The summed E-state index contributed by atoms with van der Waals surface area (Å²) in [5.41, 5.74) is 5.76. The number of nitrogens with two attached hydrogens (primary N) is 1. The molecule has 0 saturated carbocycles. The van der Waals surface area contributed by atoms with Crippen LogP contribution >= 0.6 is 0 Å². The van der Waals surface area contributed by atoms with Gasteiger partial charge in [0.05, 0.1) is 6.20 Å². The fraction of sp³-hybridized carbons (Fsp3) is 0.500. The van der Waals surface area contributed by atoms with Crippen molar-refractivity contribution in [3.8, 4) is 0 Å². The minimum Gasteiger partial charge on any atom is -0.366 e. The van der Waals surface area contributed by atoms with E-state index in [1.807, 2.05) is 13.8 Å². The standard InChI is InChI=1S/C10H15F2N3/c1-6(2)9(13)5-15-10-8(12)3-7(11)4-14-10/h3-4,6,9H,5,13H2,1-2H3,(H,14,15). The van der Waals surface area contributed by atoms with Crippen molar-refractivity contribution in [2.24, 2.45) is 11.7 Å². The summed E-state index contributed by atoms with van der Waals surface area (Å²) >= 11 is 0. The van der Waals surface area contributed by atoms with Crippen LogP contribution in [0, 0.1) is 17.6 Å². The Morgan fingerprint density at radius 1 is 1.47 bits per heavy atom. The number of pyridine rings is 1. The van der Waals surface area contributed by atoms with Gasteiger partial charge in [0.2, 0.25) is 0 Å². The van der Waals surface area contributed by atoms with Crippen LogP contribution in [0.15, 0.2) is 12.3 Å². The molecule has 1 aromatic heterocycles. The van der Waals surface area contributed by atoms with E-state index in [2.05, 4.69) is 10.3 Å². The van der Waals surface area contributed by atoms with E-state index in [1.54, 1.807) is 0 Å². The van der Waals surface area contributed by atoms with Gasteiger partial charge in [-0.3, -0.25) is 0 Å². The van der Waals surface area contributed by atoms with Gasteiger partial charge in [-0.15, -0.1) is 0 Å². The van der Waals surface area contributed by atoms with Gasteiger partial charge in [-0.05, 0) is 5.92 Å². The monoisotopic (exact) mass is 215 g/mol. The maximum absolute atomic E-state index is 13.1. The second kappa shape index (κ2) is 5.02. The van der Waals surface area contributed by atoms with Crippen molar-refractivity contribution in [3.63, 3.8) is 0 Å². The van der Waals surface area contributed by atoms with Crippen LogP contribution < -0.4 is 11.1 Å². The first-order valence-corrected chi connectivity index (χ1v) is 4.81. The van der Waals surface area contributed by atoms with Gasteiger partial charge in [0.1, 0.15) is 5.82 Å². The molecular weight excluding hydrogens is 200 g/mol. The first-order chi connectivity index (χ1) is 7.00. The van der Waals surface area contributed by atoms with Crippen molar-refractivity contribution in [1.29, 1.82) is 0 Å². The number of nitrogens with zero attached hydrogens (tertiary/aromatic N) is 1. The number of nitrogens with one attached hydrogen (secondary N) is 1. The Bertz CT molecular complexity index is 328. The van der Waals surface area contributed by atoms with Crippen molar-refractivity contribution >= 4 is 5.82 Å². The zero-order chi connectivity index (χ0) is 11.4. The summed E-state index contributed by atoms with van der Waals surface area (Å²) in [6.07, 6.45) is 0.965. The van der Waals surface area contributed by atoms with Crippen LogP contribution in [0.25, 0.3) is 0 Å². The van der Waals surface area contributed by atoms with Gasteiger partial charge in [0, 0.05) is 18.7 Å². The Hall–Kier alpha value is -1.23. The van der Waals surface area contributed by atoms with E-state index >= 15 is 0 Å². The van der Waals surface area contributed by atoms with Crippen LogP contribution in [0.5, 0.6) is 0 Å². The molecule has 1 rings (SSSR count). The van der Waals surface area contributed by atoms with Gasteiger partial charge in [-0.2, -0.15) is 0 Å². The Balaban J connectivity index is 2.58. The fourth-order valence-corrected chi connectivity index (χ4v) is 0.995. The van der Waals surface area contributed by atoms with E-state index in [4.69, 9.17) is 5.73 Å². The Morgan fingerprint density at radius 2 is 2.13 bits per heavy atom. The second-order valence-electron chi connectivity index (χ2n) is 3.77. The lowest BCUT2D eigenvalue weighted by atomic mass is 10.1. The topological polar surface area (TPSA) is 50.9 Å². The Labute approximate surface area is 87.7 Å². The SMILES string of the molecule is CC(C)C(N)CNc1ncc(F)cc1F. The molecular formula is C10H15F2N3. The summed E-state index contributed by atoms with van der Waals surface area (Å²) in [6, 6.07) is 0.701. The number of hydrogen-bond donors (Lipinski definition) is 2. The molecule has 0 aliphatic carbocycles. The number of hydrogen-bond acceptors (Lipinski definition) is 3. The summed E-state index contributed by atoms with van der Waals surface area (Å²) in [6.45, 7) is 4.36. The van der Waals surface area contributed by atoms with Gasteiger partial charge >= 0.3 is 0 Å². The van der Waals surface area contributed by atoms with Crippen molar-refractivity contribution < 1.29 is 8.78 Å². The van der Waals surface area contributed by atoms with Crippen LogP contribution in [0.2, 0.25) is 0 Å². The maximum Gasteiger partial charge on any atom is 0.168 e. The largest absolute Gasteiger partial charge is 0.366 e. The predicted molar refractivity (Wildman–Crippen MR) is 55.5 cm³/mol. The molecule has 3 N–H and O–H groups in total. The lowest BCUT2D eigenvalue weighted by Gasteiger charge is -2.16. The second-order valence-corrected chi connectivity index (χ2v) is 3.77. The van der Waals surface area contributed by atoms with Gasteiger partial charge in [-0.25, -0.2) is 13.8 Å². The van der Waals surface area contributed by atoms with Crippen LogP contribution in [0.4, 0.5) is 14.6 Å². The molecule has 0 saturated heterocycles. The average Bonchev–Trinajstić information content (AvgIpc) is 2.15. The van der Waals surface area contributed by atoms with Crippen LogP contribution in [-0.2, 0) is 0 Å². The molecule has 1 atom stereocenters. The minimum absolute atomic E-state index is 0.0347. The molecule has 15 heavy (non-hydrogen) atoms. The molecule has 1 heterocycles. The quantitative estimate of drug-likeness (QED) is 0.804. The molecule has 3 nitrogen and oxygen atoms in total. The lowest BCUT2D eigenvalue weighted by Crippen LogP contribution is -2.34. The highest BCUT2D eigenvalue weighted by Gasteiger charge is 2.09. The Kier molecular flexibility index (Phi) is 3.96. The molecule has 1 unspecified atom stereocenters. The summed E-state index contributed by atoms with van der Waals surface area (Å²) < 4.78 is 25.6. The third-order valence-corrected chi connectivity index (χ3v) is 2.17. The third-order valence-electron chi connectivity index (χ3n) is 2.17. The van der Waals surface area contributed by atoms with E-state index in [1.165, 1.54) is 0 Å². The van der Waals surface area contributed by atoms with Crippen molar-refractivity contribution in [2.45, 2.75) is 19.9 Å². The number of rotatable bonds is 4. The highest BCUT2D eigenvalue weighted by molar-refractivity contribution is 5.35. The predicted octanol–water partition coefficient (Wildman–Crippen LogP) is 1.75. The molecule has 0 aliphatic rings. The zero-order valence-corrected chi connectivity index (χ0v) is 8.80. The number of halogens is 2. The molecule has 0 bridgehead atoms. The van der Waals surface area contributed by atoms with Crippen LogP contribution in [0.1, 0.15) is 13.8 Å². The number of aromatic nitrogens is 1. The molecule has 84 valence electrons. The molecule has 0 aliphatic heterocycles. The minimum atomic E-state index is -0.703. The fourth-order valence-electron chi connectivity index (χ4n) is 0.995. The first kappa shape index (κ1) is 11.8. The van der Waals surface area contributed by atoms with Crippen LogP contribution in [0.3, 0.4) is 0 Å². The van der Waals surface area contributed by atoms with E-state index < -0.39 is 11.6 Å². The van der Waals surface area contributed by atoms with E-state index in [0.29, 0.717) is 12.5 Å². The third kappa shape index (κ3) is 3.43. The molecule has 0 fully saturated rings. The highest BCUT2D eigenvalue weighted by Crippen LogP contribution is 2.11. The smallest absolute Gasteiger partial charge is 0.168 e. The summed E-state index contributed by atoms with van der Waals surface area (Å²) in [7, 11) is 0. The first-order valence-electron chi connectivity index (χ1n) is 4.81. The molecule has 0 spiro atoms. The van der Waals surface area contributed by atoms with Gasteiger partial charge < -0.3 is 11.1 Å². The van der Waals surface area contributed by atoms with Crippen molar-refractivity contribution in [1.82, 2.24) is 4.98 Å². The van der Waals surface area contributed by atoms with E-state index in [-0.39, 0.29) is 11.9 Å². The molecule has 0 radical (unpaired) electrons. The zero-order valence-electron chi connectivity index (χ0n) is 8.80. The van der Waals surface area contributed by atoms with Crippen LogP contribution in [-0.4, -0.2) is 17.6 Å². The van der Waals surface area contributed by atoms with Gasteiger partial charge in [0.25, 0.3) is 0 Å². The average molecular weight is 215 g/mol. The Morgan fingerprint density at radius 3 is 2.67 bits per heavy atom. The van der Waals surface area contributed by atoms with E-state index in [0.717, 1.165) is 12.3 Å². The normalized spacial score (nSPS) is 12.9. The molecule has 1 aromatic rings. The number of anilines is 1. The van der Waals surface area contributed by atoms with Gasteiger partial charge in [0.15, 0.2) is 11.6 Å².